The third kappa shape index (κ3) is 1.12. The lowest BCUT2D eigenvalue weighted by Crippen LogP contribution is -2.02. The summed E-state index contributed by atoms with van der Waals surface area (Å²) in [7, 11) is 0. The Morgan fingerprint density at radius 2 is 2.00 bits per heavy atom. The maximum absolute atomic E-state index is 11.3. The normalized spacial score (nSPS) is 10.7. The molecule has 0 aliphatic carbocycles. The predicted molar refractivity (Wildman–Crippen MR) is 57.0 cm³/mol. The van der Waals surface area contributed by atoms with Crippen molar-refractivity contribution in [3.63, 3.8) is 0 Å². The van der Waals surface area contributed by atoms with Crippen molar-refractivity contribution in [2.75, 3.05) is 0 Å². The summed E-state index contributed by atoms with van der Waals surface area (Å²) in [5.74, 6) is 0. The fourth-order valence-electron chi connectivity index (χ4n) is 1.66. The molecule has 0 amide bonds. The molecule has 0 atom stereocenters. The number of hydrogen-bond donors (Lipinski definition) is 0. The molecule has 0 bridgehead atoms. The summed E-state index contributed by atoms with van der Waals surface area (Å²) >= 11 is 0. The Bertz CT molecular complexity index is 789. The monoisotopic (exact) mass is 211 g/mol. The molecule has 0 aliphatic rings. The summed E-state index contributed by atoms with van der Waals surface area (Å²) in [6, 6.07) is 8.60. The molecular formula is C12H5NO3. The van der Waals surface area contributed by atoms with E-state index in [9.17, 15) is 4.79 Å². The van der Waals surface area contributed by atoms with Crippen molar-refractivity contribution in [1.82, 2.24) is 0 Å². The van der Waals surface area contributed by atoms with E-state index in [4.69, 9.17) is 14.1 Å². The van der Waals surface area contributed by atoms with E-state index in [1.165, 1.54) is 6.07 Å². The summed E-state index contributed by atoms with van der Waals surface area (Å²) in [6.07, 6.45) is 1.56. The zero-order chi connectivity index (χ0) is 11.1. The van der Waals surface area contributed by atoms with Crippen LogP contribution >= 0.6 is 0 Å². The van der Waals surface area contributed by atoms with E-state index in [2.05, 4.69) is 0 Å². The van der Waals surface area contributed by atoms with Crippen molar-refractivity contribution in [2.45, 2.75) is 0 Å². The predicted octanol–water partition coefficient (Wildman–Crippen LogP) is 2.41. The van der Waals surface area contributed by atoms with Crippen LogP contribution in [0.3, 0.4) is 0 Å². The molecule has 4 heteroatoms. The minimum absolute atomic E-state index is 0.00958. The number of hydrogen-bond acceptors (Lipinski definition) is 4. The summed E-state index contributed by atoms with van der Waals surface area (Å²) < 4.78 is 10.2. The van der Waals surface area contributed by atoms with Gasteiger partial charge in [-0.05, 0) is 18.2 Å². The molecule has 0 radical (unpaired) electrons. The molecule has 0 saturated heterocycles. The maximum atomic E-state index is 11.3. The molecule has 0 unspecified atom stereocenters. The first-order chi connectivity index (χ1) is 7.78. The third-order valence-electron chi connectivity index (χ3n) is 2.43. The average molecular weight is 211 g/mol. The van der Waals surface area contributed by atoms with Crippen LogP contribution in [0.4, 0.5) is 0 Å². The summed E-state index contributed by atoms with van der Waals surface area (Å²) in [4.78, 5) is 11.3. The zero-order valence-corrected chi connectivity index (χ0v) is 8.06. The second kappa shape index (κ2) is 2.97. The van der Waals surface area contributed by atoms with Gasteiger partial charge >= 0.3 is 5.63 Å². The molecule has 0 spiro atoms. The van der Waals surface area contributed by atoms with Gasteiger partial charge in [0.2, 0.25) is 0 Å². The highest BCUT2D eigenvalue weighted by atomic mass is 16.4. The highest BCUT2D eigenvalue weighted by Crippen LogP contribution is 2.22. The van der Waals surface area contributed by atoms with Crippen LogP contribution in [0.2, 0.25) is 0 Å². The van der Waals surface area contributed by atoms with E-state index in [1.54, 1.807) is 18.4 Å². The standard InChI is InChI=1S/C12H5NO3/c13-6-9-4-8-3-7-1-2-15-10(7)5-11(8)16-12(9)14/h1-5H. The lowest BCUT2D eigenvalue weighted by atomic mass is 10.1. The molecular weight excluding hydrogens is 206 g/mol. The Kier molecular flexibility index (Phi) is 1.62. The smallest absolute Gasteiger partial charge is 0.354 e. The minimum atomic E-state index is -0.624. The Morgan fingerprint density at radius 1 is 1.12 bits per heavy atom. The maximum Gasteiger partial charge on any atom is 0.354 e. The lowest BCUT2D eigenvalue weighted by Gasteiger charge is -1.96. The van der Waals surface area contributed by atoms with Gasteiger partial charge in [-0.3, -0.25) is 0 Å². The molecule has 2 aromatic heterocycles. The van der Waals surface area contributed by atoms with Crippen LogP contribution in [-0.4, -0.2) is 0 Å². The number of furan rings is 1. The fourth-order valence-corrected chi connectivity index (χ4v) is 1.66. The quantitative estimate of drug-likeness (QED) is 0.535. The SMILES string of the molecule is N#Cc1cc2cc3ccoc3cc2oc1=O. The summed E-state index contributed by atoms with van der Waals surface area (Å²) in [6.45, 7) is 0. The number of nitrogens with zero attached hydrogens (tertiary/aromatic N) is 1. The molecule has 0 fully saturated rings. The van der Waals surface area contributed by atoms with Gasteiger partial charge in [0.15, 0.2) is 0 Å². The molecule has 0 aliphatic heterocycles. The Hall–Kier alpha value is -2.54. The molecule has 3 rings (SSSR count). The first kappa shape index (κ1) is 8.74. The minimum Gasteiger partial charge on any atom is -0.464 e. The van der Waals surface area contributed by atoms with Crippen molar-refractivity contribution in [3.8, 4) is 6.07 Å². The van der Waals surface area contributed by atoms with Crippen molar-refractivity contribution in [1.29, 1.82) is 5.26 Å². The molecule has 0 N–H and O–H groups in total. The summed E-state index contributed by atoms with van der Waals surface area (Å²) in [5.41, 5.74) is 0.461. The van der Waals surface area contributed by atoms with Gasteiger partial charge < -0.3 is 8.83 Å². The van der Waals surface area contributed by atoms with Crippen LogP contribution in [0.1, 0.15) is 5.56 Å². The molecule has 3 aromatic rings. The molecule has 0 saturated carbocycles. The van der Waals surface area contributed by atoms with Crippen LogP contribution in [0.25, 0.3) is 21.9 Å². The van der Waals surface area contributed by atoms with Gasteiger partial charge in [0.05, 0.1) is 6.26 Å². The average Bonchev–Trinajstić information content (AvgIpc) is 2.72. The van der Waals surface area contributed by atoms with E-state index < -0.39 is 5.63 Å². The lowest BCUT2D eigenvalue weighted by molar-refractivity contribution is 0.557. The third-order valence-corrected chi connectivity index (χ3v) is 2.43. The molecule has 1 aromatic carbocycles. The van der Waals surface area contributed by atoms with E-state index in [1.807, 2.05) is 12.1 Å². The first-order valence-corrected chi connectivity index (χ1v) is 4.63. The van der Waals surface area contributed by atoms with Gasteiger partial charge in [-0.15, -0.1) is 0 Å². The number of benzene rings is 1. The number of nitriles is 1. The van der Waals surface area contributed by atoms with Gasteiger partial charge in [0.1, 0.15) is 22.8 Å². The Balaban J connectivity index is 2.51. The Labute approximate surface area is 89.3 Å². The summed E-state index contributed by atoms with van der Waals surface area (Å²) in [5, 5.41) is 10.3. The van der Waals surface area contributed by atoms with E-state index >= 15 is 0 Å². The van der Waals surface area contributed by atoms with Crippen molar-refractivity contribution in [3.05, 3.63) is 46.5 Å². The second-order valence-corrected chi connectivity index (χ2v) is 3.41. The van der Waals surface area contributed by atoms with Crippen LogP contribution < -0.4 is 5.63 Å². The molecule has 2 heterocycles. The van der Waals surface area contributed by atoms with E-state index in [0.29, 0.717) is 16.6 Å². The highest BCUT2D eigenvalue weighted by Gasteiger charge is 2.06. The fraction of sp³-hybridized carbons (Fsp3) is 0. The van der Waals surface area contributed by atoms with E-state index in [-0.39, 0.29) is 5.56 Å². The van der Waals surface area contributed by atoms with Gasteiger partial charge in [-0.2, -0.15) is 5.26 Å². The topological polar surface area (TPSA) is 67.1 Å². The van der Waals surface area contributed by atoms with Gasteiger partial charge in [-0.25, -0.2) is 4.79 Å². The zero-order valence-electron chi connectivity index (χ0n) is 8.06. The van der Waals surface area contributed by atoms with Crippen LogP contribution in [-0.2, 0) is 0 Å². The first-order valence-electron chi connectivity index (χ1n) is 4.63. The van der Waals surface area contributed by atoms with Crippen molar-refractivity contribution < 1.29 is 8.83 Å². The largest absolute Gasteiger partial charge is 0.464 e. The van der Waals surface area contributed by atoms with Crippen molar-refractivity contribution in [2.24, 2.45) is 0 Å². The molecule has 76 valence electrons. The van der Waals surface area contributed by atoms with Crippen LogP contribution in [0, 0.1) is 11.3 Å². The van der Waals surface area contributed by atoms with Gasteiger partial charge in [-0.1, -0.05) is 0 Å². The highest BCUT2D eigenvalue weighted by molar-refractivity contribution is 5.93. The Morgan fingerprint density at radius 3 is 2.81 bits per heavy atom. The second-order valence-electron chi connectivity index (χ2n) is 3.41. The molecule has 4 nitrogen and oxygen atoms in total. The van der Waals surface area contributed by atoms with Crippen LogP contribution in [0.5, 0.6) is 0 Å². The van der Waals surface area contributed by atoms with Crippen molar-refractivity contribution >= 4 is 21.9 Å². The van der Waals surface area contributed by atoms with Gasteiger partial charge in [0, 0.05) is 16.8 Å². The number of rotatable bonds is 0. The number of fused-ring (bicyclic) bond motifs is 2. The molecule has 16 heavy (non-hydrogen) atoms. The van der Waals surface area contributed by atoms with E-state index in [0.717, 1.165) is 5.39 Å². The van der Waals surface area contributed by atoms with Gasteiger partial charge in [0.25, 0.3) is 0 Å². The van der Waals surface area contributed by atoms with Crippen LogP contribution in [0.15, 0.2) is 44.2 Å².